The second kappa shape index (κ2) is 7.35. The summed E-state index contributed by atoms with van der Waals surface area (Å²) in [5.41, 5.74) is 4.57. The molecule has 27 heavy (non-hydrogen) atoms. The molecule has 0 saturated heterocycles. The monoisotopic (exact) mass is 384 g/mol. The van der Waals surface area contributed by atoms with Crippen molar-refractivity contribution < 1.29 is 9.53 Å². The van der Waals surface area contributed by atoms with Crippen LogP contribution in [0.1, 0.15) is 43.2 Å². The zero-order chi connectivity index (χ0) is 19.8. The molecule has 0 fully saturated rings. The van der Waals surface area contributed by atoms with Gasteiger partial charge in [0.1, 0.15) is 5.60 Å². The van der Waals surface area contributed by atoms with E-state index in [4.69, 9.17) is 16.3 Å². The molecule has 5 heteroatoms. The third-order valence-corrected chi connectivity index (χ3v) is 4.78. The van der Waals surface area contributed by atoms with Gasteiger partial charge in [0.2, 0.25) is 0 Å². The summed E-state index contributed by atoms with van der Waals surface area (Å²) in [5, 5.41) is 6.50. The van der Waals surface area contributed by atoms with Gasteiger partial charge >= 0.3 is 5.97 Å². The maximum Gasteiger partial charge on any atom is 0.310 e. The molecule has 0 radical (unpaired) electrons. The standard InChI is InChI=1S/C22H25ClN2O2/c1-14-7-6-8-19(23)18(14)13-25-20-11-16(9-10-17(20)15(2)24-25)12-21(26)27-22(3,4)5/h6-11H,12-13H2,1-5H3. The summed E-state index contributed by atoms with van der Waals surface area (Å²) in [5.74, 6) is -0.230. The van der Waals surface area contributed by atoms with E-state index in [0.29, 0.717) is 6.54 Å². The lowest BCUT2D eigenvalue weighted by atomic mass is 10.1. The molecule has 0 unspecified atom stereocenters. The first-order valence-corrected chi connectivity index (χ1v) is 9.44. The molecule has 0 aliphatic heterocycles. The van der Waals surface area contributed by atoms with Gasteiger partial charge in [0.25, 0.3) is 0 Å². The molecular weight excluding hydrogens is 360 g/mol. The summed E-state index contributed by atoms with van der Waals surface area (Å²) in [6.45, 7) is 10.3. The fraction of sp³-hybridized carbons (Fsp3) is 0.364. The van der Waals surface area contributed by atoms with Gasteiger partial charge in [-0.3, -0.25) is 9.48 Å². The highest BCUT2D eigenvalue weighted by Gasteiger charge is 2.17. The number of benzene rings is 2. The summed E-state index contributed by atoms with van der Waals surface area (Å²) >= 11 is 6.40. The van der Waals surface area contributed by atoms with Crippen LogP contribution in [-0.2, 0) is 22.5 Å². The fourth-order valence-electron chi connectivity index (χ4n) is 3.18. The van der Waals surface area contributed by atoms with E-state index in [1.807, 2.05) is 75.7 Å². The maximum atomic E-state index is 12.2. The molecule has 0 saturated carbocycles. The van der Waals surface area contributed by atoms with Crippen molar-refractivity contribution in [2.24, 2.45) is 0 Å². The van der Waals surface area contributed by atoms with Crippen molar-refractivity contribution in [1.29, 1.82) is 0 Å². The van der Waals surface area contributed by atoms with E-state index in [1.54, 1.807) is 0 Å². The molecule has 1 heterocycles. The number of hydrogen-bond donors (Lipinski definition) is 0. The zero-order valence-corrected chi connectivity index (χ0v) is 17.2. The van der Waals surface area contributed by atoms with Gasteiger partial charge in [-0.25, -0.2) is 0 Å². The van der Waals surface area contributed by atoms with Gasteiger partial charge in [-0.2, -0.15) is 5.10 Å². The van der Waals surface area contributed by atoms with E-state index >= 15 is 0 Å². The number of esters is 1. The first-order valence-electron chi connectivity index (χ1n) is 9.06. The van der Waals surface area contributed by atoms with E-state index in [1.165, 1.54) is 0 Å². The Balaban J connectivity index is 1.94. The number of hydrogen-bond acceptors (Lipinski definition) is 3. The molecule has 142 valence electrons. The van der Waals surface area contributed by atoms with E-state index in [0.717, 1.165) is 38.3 Å². The average Bonchev–Trinajstić information content (AvgIpc) is 2.85. The number of rotatable bonds is 4. The first-order chi connectivity index (χ1) is 12.6. The van der Waals surface area contributed by atoms with Crippen molar-refractivity contribution in [3.05, 3.63) is 63.8 Å². The molecule has 0 spiro atoms. The van der Waals surface area contributed by atoms with Crippen molar-refractivity contribution in [2.75, 3.05) is 0 Å². The van der Waals surface area contributed by atoms with Crippen molar-refractivity contribution in [1.82, 2.24) is 9.78 Å². The number of aryl methyl sites for hydroxylation is 2. The largest absolute Gasteiger partial charge is 0.460 e. The molecule has 0 aliphatic rings. The highest BCUT2D eigenvalue weighted by molar-refractivity contribution is 6.31. The summed E-state index contributed by atoms with van der Waals surface area (Å²) in [7, 11) is 0. The van der Waals surface area contributed by atoms with Crippen LogP contribution >= 0.6 is 11.6 Å². The molecule has 1 aromatic heterocycles. The lowest BCUT2D eigenvalue weighted by molar-refractivity contribution is -0.153. The highest BCUT2D eigenvalue weighted by Crippen LogP contribution is 2.25. The first kappa shape index (κ1) is 19.4. The Kier molecular flexibility index (Phi) is 5.29. The van der Waals surface area contributed by atoms with Crippen LogP contribution in [0.4, 0.5) is 0 Å². The molecule has 0 atom stereocenters. The van der Waals surface area contributed by atoms with Gasteiger partial charge in [0.15, 0.2) is 0 Å². The third-order valence-electron chi connectivity index (χ3n) is 4.43. The van der Waals surface area contributed by atoms with Crippen LogP contribution < -0.4 is 0 Å². The lowest BCUT2D eigenvalue weighted by Gasteiger charge is -2.19. The molecule has 0 N–H and O–H groups in total. The van der Waals surface area contributed by atoms with Crippen molar-refractivity contribution in [2.45, 2.75) is 53.2 Å². The molecule has 3 rings (SSSR count). The van der Waals surface area contributed by atoms with E-state index in [2.05, 4.69) is 5.10 Å². The van der Waals surface area contributed by atoms with Gasteiger partial charge < -0.3 is 4.74 Å². The van der Waals surface area contributed by atoms with Crippen molar-refractivity contribution in [3.63, 3.8) is 0 Å². The normalized spacial score (nSPS) is 11.8. The molecular formula is C22H25ClN2O2. The summed E-state index contributed by atoms with van der Waals surface area (Å²) in [4.78, 5) is 12.2. The smallest absolute Gasteiger partial charge is 0.310 e. The predicted molar refractivity (Wildman–Crippen MR) is 109 cm³/mol. The molecule has 0 aliphatic carbocycles. The van der Waals surface area contributed by atoms with Crippen LogP contribution in [0.25, 0.3) is 10.9 Å². The van der Waals surface area contributed by atoms with Crippen LogP contribution in [0, 0.1) is 13.8 Å². The number of aromatic nitrogens is 2. The average molecular weight is 385 g/mol. The Morgan fingerprint density at radius 1 is 1.19 bits per heavy atom. The number of ether oxygens (including phenoxy) is 1. The van der Waals surface area contributed by atoms with Gasteiger partial charge in [-0.1, -0.05) is 35.9 Å². The van der Waals surface area contributed by atoms with E-state index < -0.39 is 5.60 Å². The van der Waals surface area contributed by atoms with Crippen LogP contribution in [-0.4, -0.2) is 21.4 Å². The Bertz CT molecular complexity index is 979. The number of carbonyl (C=O) groups is 1. The Morgan fingerprint density at radius 3 is 2.59 bits per heavy atom. The maximum absolute atomic E-state index is 12.2. The van der Waals surface area contributed by atoms with Crippen LogP contribution in [0.3, 0.4) is 0 Å². The highest BCUT2D eigenvalue weighted by atomic mass is 35.5. The number of carbonyl (C=O) groups excluding carboxylic acids is 1. The molecule has 4 nitrogen and oxygen atoms in total. The minimum absolute atomic E-state index is 0.230. The quantitative estimate of drug-likeness (QED) is 0.578. The Hall–Kier alpha value is -2.33. The van der Waals surface area contributed by atoms with Crippen LogP contribution in [0.2, 0.25) is 5.02 Å². The second-order valence-electron chi connectivity index (χ2n) is 7.89. The van der Waals surface area contributed by atoms with E-state index in [-0.39, 0.29) is 12.4 Å². The second-order valence-corrected chi connectivity index (χ2v) is 8.30. The molecule has 0 amide bonds. The van der Waals surface area contributed by atoms with Gasteiger partial charge in [0, 0.05) is 10.4 Å². The minimum atomic E-state index is -0.485. The topological polar surface area (TPSA) is 44.1 Å². The summed E-state index contributed by atoms with van der Waals surface area (Å²) in [6.07, 6.45) is 0.239. The fourth-order valence-corrected chi connectivity index (χ4v) is 3.46. The zero-order valence-electron chi connectivity index (χ0n) is 16.5. The molecule has 0 bridgehead atoms. The summed E-state index contributed by atoms with van der Waals surface area (Å²) < 4.78 is 7.39. The number of nitrogens with zero attached hydrogens (tertiary/aromatic N) is 2. The minimum Gasteiger partial charge on any atom is -0.460 e. The van der Waals surface area contributed by atoms with Crippen LogP contribution in [0.5, 0.6) is 0 Å². The van der Waals surface area contributed by atoms with E-state index in [9.17, 15) is 4.79 Å². The van der Waals surface area contributed by atoms with Crippen molar-refractivity contribution >= 4 is 28.5 Å². The van der Waals surface area contributed by atoms with Crippen molar-refractivity contribution in [3.8, 4) is 0 Å². The molecule has 2 aromatic carbocycles. The third kappa shape index (κ3) is 4.51. The Morgan fingerprint density at radius 2 is 1.93 bits per heavy atom. The lowest BCUT2D eigenvalue weighted by Crippen LogP contribution is -2.24. The van der Waals surface area contributed by atoms with Gasteiger partial charge in [-0.15, -0.1) is 0 Å². The Labute approximate surface area is 165 Å². The molecule has 3 aromatic rings. The van der Waals surface area contributed by atoms with Crippen LogP contribution in [0.15, 0.2) is 36.4 Å². The van der Waals surface area contributed by atoms with Gasteiger partial charge in [0.05, 0.1) is 24.2 Å². The number of fused-ring (bicyclic) bond motifs is 1. The van der Waals surface area contributed by atoms with Gasteiger partial charge in [-0.05, 0) is 63.4 Å². The number of halogens is 1. The SMILES string of the molecule is Cc1cccc(Cl)c1Cn1nc(C)c2ccc(CC(=O)OC(C)(C)C)cc21. The predicted octanol–water partition coefficient (Wildman–Crippen LogP) is 5.24. The summed E-state index contributed by atoms with van der Waals surface area (Å²) in [6, 6.07) is 11.9.